The maximum absolute atomic E-state index is 5.98. The monoisotopic (exact) mass is 369 g/mol. The number of nitrogens with one attached hydrogen (secondary N) is 1. The van der Waals surface area contributed by atoms with Gasteiger partial charge in [-0.3, -0.25) is 0 Å². The number of benzene rings is 2. The number of aromatic nitrogens is 2. The molecule has 1 aromatic heterocycles. The molecule has 0 bridgehead atoms. The van der Waals surface area contributed by atoms with Gasteiger partial charge in [0, 0.05) is 16.3 Å². The molecular weight excluding hydrogens is 350 g/mol. The SMILES string of the molecule is CC(C)c1cccc(NC(N)=NCc2nc(-c3cccc(Cl)c3)no2)c1. The lowest BCUT2D eigenvalue weighted by Crippen LogP contribution is -2.22. The van der Waals surface area contributed by atoms with Gasteiger partial charge in [-0.1, -0.05) is 54.9 Å². The van der Waals surface area contributed by atoms with Crippen molar-refractivity contribution in [1.82, 2.24) is 10.1 Å². The summed E-state index contributed by atoms with van der Waals surface area (Å²) in [6.07, 6.45) is 0. The second-order valence-electron chi connectivity index (χ2n) is 6.13. The first kappa shape index (κ1) is 17.9. The highest BCUT2D eigenvalue weighted by Crippen LogP contribution is 2.20. The first-order valence-corrected chi connectivity index (χ1v) is 8.64. The standard InChI is InChI=1S/C19H20ClN5O/c1-12(2)13-5-4-8-16(10-13)23-19(21)22-11-17-24-18(25-26-17)14-6-3-7-15(20)9-14/h3-10,12H,11H2,1-2H3,(H3,21,22,23). The van der Waals surface area contributed by atoms with E-state index in [1.54, 1.807) is 12.1 Å². The molecule has 7 heteroatoms. The lowest BCUT2D eigenvalue weighted by Gasteiger charge is -2.09. The zero-order chi connectivity index (χ0) is 18.5. The summed E-state index contributed by atoms with van der Waals surface area (Å²) in [5, 5.41) is 7.63. The molecule has 1 heterocycles. The minimum Gasteiger partial charge on any atom is -0.370 e. The topological polar surface area (TPSA) is 89.3 Å². The van der Waals surface area contributed by atoms with Crippen LogP contribution in [0.15, 0.2) is 58.0 Å². The average molecular weight is 370 g/mol. The molecule has 0 unspecified atom stereocenters. The molecule has 2 aromatic carbocycles. The first-order chi connectivity index (χ1) is 12.5. The van der Waals surface area contributed by atoms with Gasteiger partial charge in [0.1, 0.15) is 6.54 Å². The van der Waals surface area contributed by atoms with Crippen LogP contribution in [-0.4, -0.2) is 16.1 Å². The van der Waals surface area contributed by atoms with Gasteiger partial charge in [0.15, 0.2) is 5.96 Å². The zero-order valence-electron chi connectivity index (χ0n) is 14.6. The van der Waals surface area contributed by atoms with Gasteiger partial charge in [0.25, 0.3) is 0 Å². The van der Waals surface area contributed by atoms with Crippen molar-refractivity contribution in [3.8, 4) is 11.4 Å². The van der Waals surface area contributed by atoms with Gasteiger partial charge >= 0.3 is 0 Å². The Bertz CT molecular complexity index is 920. The van der Waals surface area contributed by atoms with Crippen LogP contribution in [0.25, 0.3) is 11.4 Å². The summed E-state index contributed by atoms with van der Waals surface area (Å²) < 4.78 is 5.22. The Morgan fingerprint density at radius 1 is 1.23 bits per heavy atom. The molecule has 0 amide bonds. The molecule has 0 atom stereocenters. The van der Waals surface area contributed by atoms with Crippen LogP contribution in [0, 0.1) is 0 Å². The highest BCUT2D eigenvalue weighted by atomic mass is 35.5. The van der Waals surface area contributed by atoms with Crippen molar-refractivity contribution in [2.75, 3.05) is 5.32 Å². The van der Waals surface area contributed by atoms with Gasteiger partial charge in [0.2, 0.25) is 11.7 Å². The highest BCUT2D eigenvalue weighted by molar-refractivity contribution is 6.30. The lowest BCUT2D eigenvalue weighted by atomic mass is 10.0. The van der Waals surface area contributed by atoms with E-state index in [2.05, 4.69) is 46.4 Å². The summed E-state index contributed by atoms with van der Waals surface area (Å²) >= 11 is 5.98. The molecule has 0 aliphatic heterocycles. The van der Waals surface area contributed by atoms with Crippen LogP contribution in [0.5, 0.6) is 0 Å². The van der Waals surface area contributed by atoms with Crippen LogP contribution in [0.2, 0.25) is 5.02 Å². The molecule has 0 radical (unpaired) electrons. The third-order valence-corrected chi connectivity index (χ3v) is 4.00. The fraction of sp³-hybridized carbons (Fsp3) is 0.211. The summed E-state index contributed by atoms with van der Waals surface area (Å²) in [5.74, 6) is 1.57. The Hall–Kier alpha value is -2.86. The van der Waals surface area contributed by atoms with Crippen LogP contribution in [0.1, 0.15) is 31.2 Å². The van der Waals surface area contributed by atoms with Crippen molar-refractivity contribution < 1.29 is 4.52 Å². The number of hydrogen-bond donors (Lipinski definition) is 2. The Morgan fingerprint density at radius 3 is 2.81 bits per heavy atom. The van der Waals surface area contributed by atoms with Crippen LogP contribution in [0.3, 0.4) is 0 Å². The molecule has 0 aliphatic carbocycles. The Labute approximate surface area is 157 Å². The third kappa shape index (κ3) is 4.61. The Balaban J connectivity index is 1.65. The lowest BCUT2D eigenvalue weighted by molar-refractivity contribution is 0.381. The number of aliphatic imine (C=N–C) groups is 1. The molecule has 3 rings (SSSR count). The van der Waals surface area contributed by atoms with Gasteiger partial charge in [-0.25, -0.2) is 4.99 Å². The van der Waals surface area contributed by atoms with Crippen LogP contribution >= 0.6 is 11.6 Å². The smallest absolute Gasteiger partial charge is 0.248 e. The Morgan fingerprint density at radius 2 is 2.04 bits per heavy atom. The number of hydrogen-bond acceptors (Lipinski definition) is 4. The van der Waals surface area contributed by atoms with E-state index in [9.17, 15) is 0 Å². The molecule has 3 aromatic rings. The molecular formula is C19H20ClN5O. The van der Waals surface area contributed by atoms with Gasteiger partial charge in [-0.15, -0.1) is 0 Å². The van der Waals surface area contributed by atoms with E-state index in [-0.39, 0.29) is 12.5 Å². The molecule has 0 saturated heterocycles. The number of rotatable bonds is 5. The highest BCUT2D eigenvalue weighted by Gasteiger charge is 2.09. The first-order valence-electron chi connectivity index (χ1n) is 8.26. The van der Waals surface area contributed by atoms with Crippen molar-refractivity contribution in [2.24, 2.45) is 10.7 Å². The molecule has 3 N–H and O–H groups in total. The maximum Gasteiger partial charge on any atom is 0.248 e. The summed E-state index contributed by atoms with van der Waals surface area (Å²) in [7, 11) is 0. The van der Waals surface area contributed by atoms with Gasteiger partial charge in [-0.05, 0) is 35.7 Å². The van der Waals surface area contributed by atoms with Crippen LogP contribution in [-0.2, 0) is 6.54 Å². The quantitative estimate of drug-likeness (QED) is 0.512. The summed E-state index contributed by atoms with van der Waals surface area (Å²) in [6.45, 7) is 4.48. The molecule has 134 valence electrons. The second-order valence-corrected chi connectivity index (χ2v) is 6.57. The molecule has 0 aliphatic rings. The zero-order valence-corrected chi connectivity index (χ0v) is 15.4. The van der Waals surface area contributed by atoms with E-state index in [0.29, 0.717) is 22.7 Å². The third-order valence-electron chi connectivity index (χ3n) is 3.76. The number of nitrogens with two attached hydrogens (primary N) is 1. The van der Waals surface area contributed by atoms with E-state index in [0.717, 1.165) is 11.3 Å². The number of halogens is 1. The number of guanidine groups is 1. The van der Waals surface area contributed by atoms with Crippen LogP contribution in [0.4, 0.5) is 5.69 Å². The normalized spacial score (nSPS) is 11.8. The van der Waals surface area contributed by atoms with Gasteiger partial charge in [0.05, 0.1) is 0 Å². The van der Waals surface area contributed by atoms with E-state index >= 15 is 0 Å². The fourth-order valence-electron chi connectivity index (χ4n) is 2.38. The van der Waals surface area contributed by atoms with Crippen molar-refractivity contribution in [1.29, 1.82) is 0 Å². The number of anilines is 1. The Kier molecular flexibility index (Phi) is 5.53. The largest absolute Gasteiger partial charge is 0.370 e. The van der Waals surface area contributed by atoms with Crippen molar-refractivity contribution >= 4 is 23.2 Å². The van der Waals surface area contributed by atoms with Crippen LogP contribution < -0.4 is 11.1 Å². The molecule has 0 saturated carbocycles. The second kappa shape index (κ2) is 8.01. The molecule has 0 fully saturated rings. The average Bonchev–Trinajstić information content (AvgIpc) is 3.09. The van der Waals surface area contributed by atoms with E-state index in [1.165, 1.54) is 5.56 Å². The van der Waals surface area contributed by atoms with E-state index in [4.69, 9.17) is 21.9 Å². The van der Waals surface area contributed by atoms with Gasteiger partial charge in [-0.2, -0.15) is 4.98 Å². The molecule has 6 nitrogen and oxygen atoms in total. The summed E-state index contributed by atoms with van der Waals surface area (Å²) in [4.78, 5) is 8.56. The fourth-order valence-corrected chi connectivity index (χ4v) is 2.57. The number of nitrogens with zero attached hydrogens (tertiary/aromatic N) is 3. The maximum atomic E-state index is 5.98. The van der Waals surface area contributed by atoms with Crippen molar-refractivity contribution in [3.05, 3.63) is 65.0 Å². The molecule has 26 heavy (non-hydrogen) atoms. The minimum atomic E-state index is 0.191. The minimum absolute atomic E-state index is 0.191. The van der Waals surface area contributed by atoms with Crippen molar-refractivity contribution in [2.45, 2.75) is 26.3 Å². The van der Waals surface area contributed by atoms with Crippen molar-refractivity contribution in [3.63, 3.8) is 0 Å². The predicted molar refractivity (Wildman–Crippen MR) is 104 cm³/mol. The predicted octanol–water partition coefficient (Wildman–Crippen LogP) is 4.44. The molecule has 0 spiro atoms. The van der Waals surface area contributed by atoms with Gasteiger partial charge < -0.3 is 15.6 Å². The summed E-state index contributed by atoms with van der Waals surface area (Å²) in [5.41, 5.74) is 8.85. The van der Waals surface area contributed by atoms with E-state index < -0.39 is 0 Å². The van der Waals surface area contributed by atoms with E-state index in [1.807, 2.05) is 24.3 Å². The summed E-state index contributed by atoms with van der Waals surface area (Å²) in [6, 6.07) is 15.3.